The second-order valence-electron chi connectivity index (χ2n) is 3.20. The Hall–Kier alpha value is -2.15. The van der Waals surface area contributed by atoms with Crippen LogP contribution < -0.4 is 16.6 Å². The molecule has 0 saturated heterocycles. The number of nitrogens with one attached hydrogen (secondary N) is 2. The first kappa shape index (κ1) is 10.4. The average Bonchev–Trinajstić information content (AvgIpc) is 2.73. The molecule has 2 aromatic heterocycles. The van der Waals surface area contributed by atoms with E-state index in [0.717, 1.165) is 11.5 Å². The predicted octanol–water partition coefficient (Wildman–Crippen LogP) is 0.671. The normalized spacial score (nSPS) is 10.1. The van der Waals surface area contributed by atoms with E-state index in [9.17, 15) is 0 Å². The van der Waals surface area contributed by atoms with Gasteiger partial charge in [-0.15, -0.1) is 0 Å². The minimum Gasteiger partial charge on any atom is -0.363 e. The number of hydrogen-bond donors (Lipinski definition) is 3. The number of rotatable bonds is 4. The van der Waals surface area contributed by atoms with Crippen LogP contribution in [0.2, 0.25) is 0 Å². The van der Waals surface area contributed by atoms with Crippen LogP contribution in [0.4, 0.5) is 11.8 Å². The number of nitrogens with two attached hydrogens (primary N) is 1. The topological polar surface area (TPSA) is 102 Å². The summed E-state index contributed by atoms with van der Waals surface area (Å²) >= 11 is 0. The minimum absolute atomic E-state index is 0.360. The number of hydrogen-bond acceptors (Lipinski definition) is 7. The molecule has 0 amide bonds. The van der Waals surface area contributed by atoms with Gasteiger partial charge in [0.2, 0.25) is 5.95 Å². The summed E-state index contributed by atoms with van der Waals surface area (Å²) in [5.74, 6) is 6.97. The van der Waals surface area contributed by atoms with Gasteiger partial charge in [0.05, 0.1) is 12.2 Å². The molecule has 0 aliphatic heterocycles. The lowest BCUT2D eigenvalue weighted by atomic mass is 10.4. The van der Waals surface area contributed by atoms with Crippen LogP contribution in [0.3, 0.4) is 0 Å². The zero-order valence-corrected chi connectivity index (χ0v) is 8.77. The van der Waals surface area contributed by atoms with Crippen molar-refractivity contribution in [1.29, 1.82) is 0 Å². The Bertz CT molecular complexity index is 469. The standard InChI is InChI=1S/C9H12N6O/c1-6-4-7(16-15-6)5-12-8-2-3-11-9(13-8)14-10/h2-4H,5,10H2,1H3,(H2,11,12,13,14). The summed E-state index contributed by atoms with van der Waals surface area (Å²) in [5.41, 5.74) is 3.22. The molecular weight excluding hydrogens is 208 g/mol. The first-order chi connectivity index (χ1) is 7.78. The quantitative estimate of drug-likeness (QED) is 0.514. The van der Waals surface area contributed by atoms with E-state index in [1.807, 2.05) is 13.0 Å². The van der Waals surface area contributed by atoms with Gasteiger partial charge in [0, 0.05) is 12.3 Å². The van der Waals surface area contributed by atoms with E-state index in [-0.39, 0.29) is 0 Å². The Labute approximate surface area is 92.0 Å². The van der Waals surface area contributed by atoms with Gasteiger partial charge in [-0.05, 0) is 13.0 Å². The van der Waals surface area contributed by atoms with Crippen molar-refractivity contribution in [3.05, 3.63) is 29.8 Å². The lowest BCUT2D eigenvalue weighted by Crippen LogP contribution is -2.11. The van der Waals surface area contributed by atoms with Crippen LogP contribution in [-0.2, 0) is 6.54 Å². The maximum absolute atomic E-state index is 5.20. The smallest absolute Gasteiger partial charge is 0.239 e. The maximum Gasteiger partial charge on any atom is 0.239 e. The molecule has 7 heteroatoms. The van der Waals surface area contributed by atoms with Gasteiger partial charge < -0.3 is 9.84 Å². The molecule has 2 rings (SSSR count). The van der Waals surface area contributed by atoms with E-state index in [0.29, 0.717) is 18.3 Å². The predicted molar refractivity (Wildman–Crippen MR) is 58.4 cm³/mol. The number of anilines is 2. The molecule has 4 N–H and O–H groups in total. The fourth-order valence-corrected chi connectivity index (χ4v) is 1.20. The van der Waals surface area contributed by atoms with Gasteiger partial charge >= 0.3 is 0 Å². The van der Waals surface area contributed by atoms with Crippen molar-refractivity contribution in [1.82, 2.24) is 15.1 Å². The maximum atomic E-state index is 5.20. The Balaban J connectivity index is 1.99. The second kappa shape index (κ2) is 4.58. The lowest BCUT2D eigenvalue weighted by molar-refractivity contribution is 0.384. The number of nitrogen functional groups attached to an aromatic ring is 1. The van der Waals surface area contributed by atoms with Crippen LogP contribution in [0, 0.1) is 6.92 Å². The molecule has 0 bridgehead atoms. The number of aryl methyl sites for hydroxylation is 1. The molecule has 2 heterocycles. The summed E-state index contributed by atoms with van der Waals surface area (Å²) in [6.07, 6.45) is 1.61. The van der Waals surface area contributed by atoms with Gasteiger partial charge in [-0.1, -0.05) is 5.16 Å². The Kier molecular flexibility index (Phi) is 2.97. The van der Waals surface area contributed by atoms with Gasteiger partial charge in [-0.3, -0.25) is 5.43 Å². The van der Waals surface area contributed by atoms with Crippen molar-refractivity contribution >= 4 is 11.8 Å². The molecule has 2 aromatic rings. The summed E-state index contributed by atoms with van der Waals surface area (Å²) in [4.78, 5) is 7.99. The summed E-state index contributed by atoms with van der Waals surface area (Å²) < 4.78 is 5.05. The molecule has 0 unspecified atom stereocenters. The molecule has 0 fully saturated rings. The number of nitrogens with zero attached hydrogens (tertiary/aromatic N) is 3. The van der Waals surface area contributed by atoms with Gasteiger partial charge in [0.25, 0.3) is 0 Å². The molecular formula is C9H12N6O. The lowest BCUT2D eigenvalue weighted by Gasteiger charge is -2.03. The summed E-state index contributed by atoms with van der Waals surface area (Å²) in [6.45, 7) is 2.38. The molecule has 0 aliphatic carbocycles. The van der Waals surface area contributed by atoms with E-state index in [1.54, 1.807) is 12.3 Å². The van der Waals surface area contributed by atoms with Gasteiger partial charge in [-0.25, -0.2) is 10.8 Å². The molecule has 0 radical (unpaired) electrons. The summed E-state index contributed by atoms with van der Waals surface area (Å²) in [7, 11) is 0. The molecule has 7 nitrogen and oxygen atoms in total. The molecule has 0 aliphatic rings. The highest BCUT2D eigenvalue weighted by molar-refractivity contribution is 5.39. The van der Waals surface area contributed by atoms with E-state index < -0.39 is 0 Å². The fourth-order valence-electron chi connectivity index (χ4n) is 1.20. The summed E-state index contributed by atoms with van der Waals surface area (Å²) in [6, 6.07) is 3.60. The monoisotopic (exact) mass is 220 g/mol. The largest absolute Gasteiger partial charge is 0.363 e. The third kappa shape index (κ3) is 2.45. The van der Waals surface area contributed by atoms with Gasteiger partial charge in [0.15, 0.2) is 5.76 Å². The van der Waals surface area contributed by atoms with Crippen molar-refractivity contribution in [3.8, 4) is 0 Å². The van der Waals surface area contributed by atoms with E-state index in [1.165, 1.54) is 0 Å². The van der Waals surface area contributed by atoms with Crippen LogP contribution in [0.5, 0.6) is 0 Å². The number of hydrazine groups is 1. The third-order valence-electron chi connectivity index (χ3n) is 1.91. The Morgan fingerprint density at radius 1 is 1.50 bits per heavy atom. The highest BCUT2D eigenvalue weighted by atomic mass is 16.5. The van der Waals surface area contributed by atoms with Gasteiger partial charge in [-0.2, -0.15) is 4.98 Å². The third-order valence-corrected chi connectivity index (χ3v) is 1.91. The zero-order valence-electron chi connectivity index (χ0n) is 8.77. The van der Waals surface area contributed by atoms with Crippen LogP contribution in [0.15, 0.2) is 22.9 Å². The molecule has 0 aromatic carbocycles. The molecule has 84 valence electrons. The Morgan fingerprint density at radius 3 is 3.06 bits per heavy atom. The highest BCUT2D eigenvalue weighted by Gasteiger charge is 2.01. The minimum atomic E-state index is 0.360. The highest BCUT2D eigenvalue weighted by Crippen LogP contribution is 2.08. The van der Waals surface area contributed by atoms with Crippen molar-refractivity contribution in [2.45, 2.75) is 13.5 Å². The first-order valence-corrected chi connectivity index (χ1v) is 4.73. The molecule has 16 heavy (non-hydrogen) atoms. The Morgan fingerprint density at radius 2 is 2.38 bits per heavy atom. The van der Waals surface area contributed by atoms with E-state index in [4.69, 9.17) is 10.4 Å². The van der Waals surface area contributed by atoms with Crippen molar-refractivity contribution in [3.63, 3.8) is 0 Å². The van der Waals surface area contributed by atoms with Gasteiger partial charge in [0.1, 0.15) is 5.82 Å². The first-order valence-electron chi connectivity index (χ1n) is 4.73. The van der Waals surface area contributed by atoms with Crippen molar-refractivity contribution in [2.75, 3.05) is 10.7 Å². The zero-order chi connectivity index (χ0) is 11.4. The second-order valence-corrected chi connectivity index (χ2v) is 3.20. The number of aromatic nitrogens is 3. The molecule has 0 spiro atoms. The van der Waals surface area contributed by atoms with Crippen LogP contribution in [-0.4, -0.2) is 15.1 Å². The van der Waals surface area contributed by atoms with Crippen LogP contribution >= 0.6 is 0 Å². The molecule has 0 atom stereocenters. The van der Waals surface area contributed by atoms with Crippen molar-refractivity contribution in [2.24, 2.45) is 5.84 Å². The average molecular weight is 220 g/mol. The SMILES string of the molecule is Cc1cc(CNc2ccnc(NN)n2)on1. The molecule has 0 saturated carbocycles. The summed E-state index contributed by atoms with van der Waals surface area (Å²) in [5, 5.41) is 6.85. The van der Waals surface area contributed by atoms with Crippen molar-refractivity contribution < 1.29 is 4.52 Å². The van der Waals surface area contributed by atoms with Crippen LogP contribution in [0.25, 0.3) is 0 Å². The van der Waals surface area contributed by atoms with E-state index in [2.05, 4.69) is 25.9 Å². The fraction of sp³-hybridized carbons (Fsp3) is 0.222. The van der Waals surface area contributed by atoms with Crippen LogP contribution in [0.1, 0.15) is 11.5 Å². The van der Waals surface area contributed by atoms with E-state index >= 15 is 0 Å².